The normalized spacial score (nSPS) is 10.3. The van der Waals surface area contributed by atoms with Crippen molar-refractivity contribution in [2.45, 2.75) is 11.8 Å². The van der Waals surface area contributed by atoms with Crippen LogP contribution in [-0.2, 0) is 14.3 Å². The van der Waals surface area contributed by atoms with Gasteiger partial charge in [-0.05, 0) is 37.3 Å². The van der Waals surface area contributed by atoms with Crippen LogP contribution in [0.1, 0.15) is 17.3 Å². The van der Waals surface area contributed by atoms with Gasteiger partial charge in [0.2, 0.25) is 0 Å². The minimum atomic E-state index is -0.638. The number of esters is 1. The van der Waals surface area contributed by atoms with E-state index in [1.807, 2.05) is 0 Å². The number of carbonyl (C=O) groups is 3. The third kappa shape index (κ3) is 6.05. The Kier molecular flexibility index (Phi) is 7.50. The second-order valence-electron chi connectivity index (χ2n) is 5.24. The highest BCUT2D eigenvalue weighted by molar-refractivity contribution is 8.00. The van der Waals surface area contributed by atoms with E-state index in [4.69, 9.17) is 27.9 Å². The summed E-state index contributed by atoms with van der Waals surface area (Å²) in [6, 6.07) is 11.4. The number of nitrogens with one attached hydrogen (secondary N) is 1. The van der Waals surface area contributed by atoms with E-state index in [1.54, 1.807) is 36.4 Å². The van der Waals surface area contributed by atoms with E-state index in [2.05, 4.69) is 5.32 Å². The van der Waals surface area contributed by atoms with Gasteiger partial charge in [-0.3, -0.25) is 9.59 Å². The number of hydrogen-bond donors (Lipinski definition) is 1. The molecule has 2 aromatic carbocycles. The largest absolute Gasteiger partial charge is 0.452 e. The first-order chi connectivity index (χ1) is 12.4. The van der Waals surface area contributed by atoms with Crippen molar-refractivity contribution in [1.29, 1.82) is 0 Å². The highest BCUT2D eigenvalue weighted by Crippen LogP contribution is 2.25. The summed E-state index contributed by atoms with van der Waals surface area (Å²) >= 11 is 12.9. The summed E-state index contributed by atoms with van der Waals surface area (Å²) in [5.41, 5.74) is 0.749. The number of benzene rings is 2. The minimum Gasteiger partial charge on any atom is -0.452 e. The summed E-state index contributed by atoms with van der Waals surface area (Å²) in [7, 11) is 0. The molecule has 0 unspecified atom stereocenters. The van der Waals surface area contributed by atoms with Gasteiger partial charge < -0.3 is 10.1 Å². The molecule has 0 saturated heterocycles. The van der Waals surface area contributed by atoms with Crippen LogP contribution in [-0.4, -0.2) is 30.0 Å². The SMILES string of the molecule is CC(=O)CSc1ccccc1C(=O)OCC(=O)Nc1ccc(Cl)c(Cl)c1. The summed E-state index contributed by atoms with van der Waals surface area (Å²) in [4.78, 5) is 35.9. The zero-order valence-corrected chi connectivity index (χ0v) is 16.1. The predicted molar refractivity (Wildman–Crippen MR) is 103 cm³/mol. The number of rotatable bonds is 7. The Morgan fingerprint density at radius 3 is 2.50 bits per heavy atom. The van der Waals surface area contributed by atoms with Crippen LogP contribution in [0.4, 0.5) is 5.69 Å². The molecule has 1 N–H and O–H groups in total. The lowest BCUT2D eigenvalue weighted by Crippen LogP contribution is -2.21. The highest BCUT2D eigenvalue weighted by atomic mass is 35.5. The zero-order chi connectivity index (χ0) is 19.1. The first kappa shape index (κ1) is 20.3. The molecule has 8 heteroatoms. The molecular formula is C18H15Cl2NO4S. The number of ketones is 1. The fourth-order valence-corrected chi connectivity index (χ4v) is 3.06. The number of carbonyl (C=O) groups excluding carboxylic acids is 3. The lowest BCUT2D eigenvalue weighted by atomic mass is 10.2. The Morgan fingerprint density at radius 1 is 1.08 bits per heavy atom. The van der Waals surface area contributed by atoms with Gasteiger partial charge in [0.15, 0.2) is 6.61 Å². The van der Waals surface area contributed by atoms with Crippen LogP contribution in [0.5, 0.6) is 0 Å². The van der Waals surface area contributed by atoms with Gasteiger partial charge in [0.05, 0.1) is 21.4 Å². The molecule has 2 aromatic rings. The maximum atomic E-state index is 12.2. The van der Waals surface area contributed by atoms with E-state index in [-0.39, 0.29) is 11.5 Å². The third-order valence-electron chi connectivity index (χ3n) is 3.08. The van der Waals surface area contributed by atoms with Crippen molar-refractivity contribution in [3.63, 3.8) is 0 Å². The van der Waals surface area contributed by atoms with Gasteiger partial charge in [0.1, 0.15) is 5.78 Å². The van der Waals surface area contributed by atoms with Crippen LogP contribution in [0.3, 0.4) is 0 Å². The lowest BCUT2D eigenvalue weighted by Gasteiger charge is -2.09. The molecule has 0 atom stereocenters. The third-order valence-corrected chi connectivity index (χ3v) is 5.03. The summed E-state index contributed by atoms with van der Waals surface area (Å²) in [5.74, 6) is -0.895. The van der Waals surface area contributed by atoms with Gasteiger partial charge in [-0.1, -0.05) is 35.3 Å². The summed E-state index contributed by atoms with van der Waals surface area (Å²) in [6.07, 6.45) is 0. The molecule has 0 aliphatic heterocycles. The molecule has 0 heterocycles. The van der Waals surface area contributed by atoms with Gasteiger partial charge in [-0.15, -0.1) is 11.8 Å². The van der Waals surface area contributed by atoms with Crippen molar-refractivity contribution in [1.82, 2.24) is 0 Å². The molecular weight excluding hydrogens is 397 g/mol. The maximum absolute atomic E-state index is 12.2. The Bertz CT molecular complexity index is 842. The average molecular weight is 412 g/mol. The maximum Gasteiger partial charge on any atom is 0.339 e. The molecule has 2 rings (SSSR count). The van der Waals surface area contributed by atoms with Crippen molar-refractivity contribution in [2.75, 3.05) is 17.7 Å². The Hall–Kier alpha value is -2.02. The number of halogens is 2. The monoisotopic (exact) mass is 411 g/mol. The molecule has 0 radical (unpaired) electrons. The van der Waals surface area contributed by atoms with Crippen molar-refractivity contribution < 1.29 is 19.1 Å². The molecule has 0 fully saturated rings. The molecule has 26 heavy (non-hydrogen) atoms. The van der Waals surface area contributed by atoms with Gasteiger partial charge in [0.25, 0.3) is 5.91 Å². The first-order valence-corrected chi connectivity index (χ1v) is 9.24. The minimum absolute atomic E-state index is 0.000765. The van der Waals surface area contributed by atoms with Crippen molar-refractivity contribution in [3.05, 3.63) is 58.1 Å². The van der Waals surface area contributed by atoms with Gasteiger partial charge in [-0.2, -0.15) is 0 Å². The Morgan fingerprint density at radius 2 is 1.81 bits per heavy atom. The molecule has 0 saturated carbocycles. The number of hydrogen-bond acceptors (Lipinski definition) is 5. The fourth-order valence-electron chi connectivity index (χ4n) is 1.92. The quantitative estimate of drug-likeness (QED) is 0.537. The zero-order valence-electron chi connectivity index (χ0n) is 13.8. The van der Waals surface area contributed by atoms with E-state index in [1.165, 1.54) is 24.8 Å². The Labute approximate surface area is 165 Å². The number of Topliss-reactive ketones (excluding diaryl/α,β-unsaturated/α-hetero) is 1. The van der Waals surface area contributed by atoms with Crippen molar-refractivity contribution in [2.24, 2.45) is 0 Å². The standard InChI is InChI=1S/C18H15Cl2NO4S/c1-11(22)10-26-16-5-3-2-4-13(16)18(24)25-9-17(23)21-12-6-7-14(19)15(20)8-12/h2-8H,9-10H2,1H3,(H,21,23). The number of anilines is 1. The summed E-state index contributed by atoms with van der Waals surface area (Å²) in [5, 5.41) is 3.24. The predicted octanol–water partition coefficient (Wildman–Crippen LogP) is 4.47. The van der Waals surface area contributed by atoms with Crippen LogP contribution in [0.2, 0.25) is 10.0 Å². The van der Waals surface area contributed by atoms with Gasteiger partial charge >= 0.3 is 5.97 Å². The molecule has 0 bridgehead atoms. The van der Waals surface area contributed by atoms with Crippen LogP contribution in [0.25, 0.3) is 0 Å². The molecule has 5 nitrogen and oxygen atoms in total. The summed E-state index contributed by atoms with van der Waals surface area (Å²) < 4.78 is 5.06. The molecule has 0 aromatic heterocycles. The van der Waals surface area contributed by atoms with Crippen LogP contribution in [0, 0.1) is 0 Å². The molecule has 136 valence electrons. The van der Waals surface area contributed by atoms with E-state index < -0.39 is 18.5 Å². The van der Waals surface area contributed by atoms with Gasteiger partial charge in [0, 0.05) is 10.6 Å². The molecule has 1 amide bonds. The topological polar surface area (TPSA) is 72.5 Å². The van der Waals surface area contributed by atoms with E-state index >= 15 is 0 Å². The summed E-state index contributed by atoms with van der Waals surface area (Å²) in [6.45, 7) is 1.02. The Balaban J connectivity index is 1.94. The van der Waals surface area contributed by atoms with Crippen LogP contribution in [0.15, 0.2) is 47.4 Å². The fraction of sp³-hybridized carbons (Fsp3) is 0.167. The highest BCUT2D eigenvalue weighted by Gasteiger charge is 2.15. The van der Waals surface area contributed by atoms with Crippen LogP contribution < -0.4 is 5.32 Å². The second kappa shape index (κ2) is 9.62. The smallest absolute Gasteiger partial charge is 0.339 e. The van der Waals surface area contributed by atoms with E-state index in [9.17, 15) is 14.4 Å². The average Bonchev–Trinajstić information content (AvgIpc) is 2.61. The van der Waals surface area contributed by atoms with E-state index in [0.29, 0.717) is 26.2 Å². The molecule has 0 spiro atoms. The van der Waals surface area contributed by atoms with Gasteiger partial charge in [-0.25, -0.2) is 4.79 Å². The van der Waals surface area contributed by atoms with Crippen molar-refractivity contribution in [3.8, 4) is 0 Å². The molecule has 0 aliphatic carbocycles. The van der Waals surface area contributed by atoms with E-state index in [0.717, 1.165) is 0 Å². The number of ether oxygens (including phenoxy) is 1. The van der Waals surface area contributed by atoms with Crippen LogP contribution >= 0.6 is 35.0 Å². The molecule has 0 aliphatic rings. The second-order valence-corrected chi connectivity index (χ2v) is 7.07. The number of thioether (sulfide) groups is 1. The van der Waals surface area contributed by atoms with Crippen molar-refractivity contribution >= 4 is 58.3 Å². The lowest BCUT2D eigenvalue weighted by molar-refractivity contribution is -0.119. The first-order valence-electron chi connectivity index (χ1n) is 7.50. The number of amides is 1.